The second-order valence-electron chi connectivity index (χ2n) is 7.72. The second kappa shape index (κ2) is 8.99. The van der Waals surface area contributed by atoms with Crippen LogP contribution in [0.25, 0.3) is 33.6 Å². The highest BCUT2D eigenvalue weighted by atomic mass is 32.1. The number of nitrogens with one attached hydrogen (secondary N) is 1. The molecule has 2 heterocycles. The molecule has 2 aromatic heterocycles. The summed E-state index contributed by atoms with van der Waals surface area (Å²) in [6.07, 6.45) is -0.200. The third-order valence-electron chi connectivity index (χ3n) is 5.09. The topological polar surface area (TPSA) is 98.5 Å². The molecule has 0 fully saturated rings. The van der Waals surface area contributed by atoms with Crippen LogP contribution in [0.5, 0.6) is 5.75 Å². The smallest absolute Gasteiger partial charge is 0.235 e. The van der Waals surface area contributed by atoms with Gasteiger partial charge in [0.2, 0.25) is 17.1 Å². The Balaban J connectivity index is 1.76. The summed E-state index contributed by atoms with van der Waals surface area (Å²) in [4.78, 5) is 41.7. The lowest BCUT2D eigenvalue weighted by Gasteiger charge is -2.10. The minimum absolute atomic E-state index is 0.135. The minimum atomic E-state index is -0.407. The van der Waals surface area contributed by atoms with Crippen molar-refractivity contribution in [3.05, 3.63) is 63.1 Å². The zero-order valence-electron chi connectivity index (χ0n) is 18.6. The summed E-state index contributed by atoms with van der Waals surface area (Å²) in [6.45, 7) is 5.22. The van der Waals surface area contributed by atoms with Crippen LogP contribution in [0.4, 0.5) is 5.13 Å². The number of ether oxygens (including phenoxy) is 1. The average Bonchev–Trinajstić information content (AvgIpc) is 3.13. The fourth-order valence-electron chi connectivity index (χ4n) is 3.51. The van der Waals surface area contributed by atoms with E-state index in [2.05, 4.69) is 10.3 Å². The van der Waals surface area contributed by atoms with Crippen LogP contribution in [0.1, 0.15) is 23.8 Å². The number of Topliss-reactive ketones (excluding diaryl/α,β-unsaturated/α-hetero) is 1. The van der Waals surface area contributed by atoms with Gasteiger partial charge in [-0.3, -0.25) is 14.4 Å². The Morgan fingerprint density at radius 2 is 1.79 bits per heavy atom. The average molecular weight is 463 g/mol. The first kappa shape index (κ1) is 22.4. The van der Waals surface area contributed by atoms with E-state index in [1.807, 2.05) is 44.2 Å². The number of thiazole rings is 1. The molecule has 1 N–H and O–H groups in total. The third kappa shape index (κ3) is 4.56. The molecule has 0 aliphatic rings. The zero-order valence-corrected chi connectivity index (χ0v) is 19.5. The molecule has 4 aromatic rings. The quantitative estimate of drug-likeness (QED) is 0.399. The van der Waals surface area contributed by atoms with Crippen LogP contribution in [-0.4, -0.2) is 23.8 Å². The first-order valence-electron chi connectivity index (χ1n) is 10.3. The third-order valence-corrected chi connectivity index (χ3v) is 5.98. The number of methoxy groups -OCH3 is 1. The van der Waals surface area contributed by atoms with Crippen LogP contribution in [0.2, 0.25) is 0 Å². The molecule has 0 radical (unpaired) electrons. The lowest BCUT2D eigenvalue weighted by Crippen LogP contribution is -2.14. The van der Waals surface area contributed by atoms with E-state index in [0.29, 0.717) is 33.1 Å². The molecule has 4 rings (SSSR count). The molecule has 0 aliphatic heterocycles. The van der Waals surface area contributed by atoms with Crippen molar-refractivity contribution in [2.45, 2.75) is 27.2 Å². The summed E-state index contributed by atoms with van der Waals surface area (Å²) in [6, 6.07) is 12.9. The summed E-state index contributed by atoms with van der Waals surface area (Å²) >= 11 is 1.30. The molecule has 2 aromatic carbocycles. The predicted molar refractivity (Wildman–Crippen MR) is 129 cm³/mol. The molecule has 168 valence electrons. The molecule has 0 spiro atoms. The fraction of sp³-hybridized carbons (Fsp3) is 0.200. The first-order valence-corrected chi connectivity index (χ1v) is 11.1. The molecular formula is C25H22N2O5S. The van der Waals surface area contributed by atoms with Gasteiger partial charge in [-0.15, -0.1) is 11.3 Å². The number of benzene rings is 2. The molecule has 0 bridgehead atoms. The molecule has 8 heteroatoms. The van der Waals surface area contributed by atoms with Crippen molar-refractivity contribution in [2.24, 2.45) is 0 Å². The van der Waals surface area contributed by atoms with Crippen molar-refractivity contribution < 1.29 is 18.7 Å². The lowest BCUT2D eigenvalue weighted by atomic mass is 10.1. The van der Waals surface area contributed by atoms with E-state index < -0.39 is 5.91 Å². The molecule has 0 atom stereocenters. The molecule has 0 saturated heterocycles. The van der Waals surface area contributed by atoms with Gasteiger partial charge in [-0.05, 0) is 39.0 Å². The number of hydrogen-bond donors (Lipinski definition) is 1. The minimum Gasteiger partial charge on any atom is -0.490 e. The largest absolute Gasteiger partial charge is 0.490 e. The number of aromatic nitrogens is 1. The number of hydrogen-bond acceptors (Lipinski definition) is 7. The van der Waals surface area contributed by atoms with Crippen molar-refractivity contribution in [3.63, 3.8) is 0 Å². The van der Waals surface area contributed by atoms with Crippen molar-refractivity contribution in [2.75, 3.05) is 12.4 Å². The van der Waals surface area contributed by atoms with E-state index in [9.17, 15) is 14.4 Å². The maximum atomic E-state index is 13.3. The Hall–Kier alpha value is -3.78. The number of carbonyl (C=O) groups excluding carboxylic acids is 2. The maximum absolute atomic E-state index is 13.3. The number of rotatable bonds is 6. The van der Waals surface area contributed by atoms with Gasteiger partial charge in [0, 0.05) is 16.0 Å². The monoisotopic (exact) mass is 462 g/mol. The Morgan fingerprint density at radius 3 is 2.45 bits per heavy atom. The normalized spacial score (nSPS) is 10.9. The lowest BCUT2D eigenvalue weighted by molar-refractivity contribution is -0.124. The summed E-state index contributed by atoms with van der Waals surface area (Å²) in [5.74, 6) is -0.115. The van der Waals surface area contributed by atoms with E-state index in [4.69, 9.17) is 9.15 Å². The van der Waals surface area contributed by atoms with Crippen molar-refractivity contribution in [3.8, 4) is 28.3 Å². The second-order valence-corrected chi connectivity index (χ2v) is 8.92. The van der Waals surface area contributed by atoms with Crippen LogP contribution < -0.4 is 15.5 Å². The number of aryl methyl sites for hydroxylation is 2. The number of nitrogens with zero attached hydrogens (tertiary/aromatic N) is 1. The maximum Gasteiger partial charge on any atom is 0.235 e. The molecular weight excluding hydrogens is 440 g/mol. The SMILES string of the molecule is COc1c(-c2ccc(C)cc2)oc2ccc(-c3nc(NC(=O)CC(C)=O)sc3C)cc2c1=O. The van der Waals surface area contributed by atoms with E-state index in [-0.39, 0.29) is 23.4 Å². The van der Waals surface area contributed by atoms with Crippen LogP contribution in [0.15, 0.2) is 51.7 Å². The Labute approximate surface area is 194 Å². The van der Waals surface area contributed by atoms with E-state index in [1.165, 1.54) is 25.4 Å². The molecule has 7 nitrogen and oxygen atoms in total. The predicted octanol–water partition coefficient (Wildman–Crippen LogP) is 5.13. The van der Waals surface area contributed by atoms with Crippen molar-refractivity contribution in [1.29, 1.82) is 0 Å². The number of fused-ring (bicyclic) bond motifs is 1. The van der Waals surface area contributed by atoms with E-state index in [0.717, 1.165) is 16.0 Å². The van der Waals surface area contributed by atoms with Crippen molar-refractivity contribution >= 4 is 39.1 Å². The standard InChI is InChI=1S/C25H22N2O5S/c1-13-5-7-16(8-6-13)23-24(31-4)22(30)18-12-17(9-10-19(18)32-23)21-15(3)33-25(27-21)26-20(29)11-14(2)28/h5-10,12H,11H2,1-4H3,(H,26,27,29). The highest BCUT2D eigenvalue weighted by Crippen LogP contribution is 2.35. The fourth-order valence-corrected chi connectivity index (χ4v) is 4.37. The van der Waals surface area contributed by atoms with Gasteiger partial charge in [-0.2, -0.15) is 0 Å². The van der Waals surface area contributed by atoms with Gasteiger partial charge in [-0.1, -0.05) is 29.8 Å². The highest BCUT2D eigenvalue weighted by Gasteiger charge is 2.19. The summed E-state index contributed by atoms with van der Waals surface area (Å²) in [5, 5.41) is 3.41. The molecule has 33 heavy (non-hydrogen) atoms. The van der Waals surface area contributed by atoms with Crippen LogP contribution in [0, 0.1) is 13.8 Å². The Kier molecular flexibility index (Phi) is 6.11. The van der Waals surface area contributed by atoms with Crippen LogP contribution in [0.3, 0.4) is 0 Å². The van der Waals surface area contributed by atoms with Crippen molar-refractivity contribution in [1.82, 2.24) is 4.98 Å². The van der Waals surface area contributed by atoms with Gasteiger partial charge >= 0.3 is 0 Å². The van der Waals surface area contributed by atoms with Gasteiger partial charge in [0.05, 0.1) is 24.6 Å². The number of amides is 1. The Bertz CT molecular complexity index is 1430. The van der Waals surface area contributed by atoms with E-state index >= 15 is 0 Å². The number of anilines is 1. The van der Waals surface area contributed by atoms with Gasteiger partial charge < -0.3 is 14.5 Å². The molecule has 0 unspecified atom stereocenters. The van der Waals surface area contributed by atoms with Gasteiger partial charge in [-0.25, -0.2) is 4.98 Å². The highest BCUT2D eigenvalue weighted by molar-refractivity contribution is 7.16. The summed E-state index contributed by atoms with van der Waals surface area (Å²) in [5.41, 5.74) is 3.35. The van der Waals surface area contributed by atoms with Gasteiger partial charge in [0.15, 0.2) is 10.9 Å². The van der Waals surface area contributed by atoms with Crippen LogP contribution >= 0.6 is 11.3 Å². The Morgan fingerprint density at radius 1 is 1.09 bits per heavy atom. The number of carbonyl (C=O) groups is 2. The number of ketones is 1. The summed E-state index contributed by atoms with van der Waals surface area (Å²) in [7, 11) is 1.44. The van der Waals surface area contributed by atoms with Gasteiger partial charge in [0.1, 0.15) is 11.4 Å². The molecule has 0 aliphatic carbocycles. The molecule has 0 saturated carbocycles. The van der Waals surface area contributed by atoms with E-state index in [1.54, 1.807) is 12.1 Å². The first-order chi connectivity index (χ1) is 15.8. The molecule has 1 amide bonds. The zero-order chi connectivity index (χ0) is 23.7. The van der Waals surface area contributed by atoms with Crippen LogP contribution in [-0.2, 0) is 9.59 Å². The summed E-state index contributed by atoms with van der Waals surface area (Å²) < 4.78 is 11.5. The van der Waals surface area contributed by atoms with Gasteiger partial charge in [0.25, 0.3) is 0 Å².